The Morgan fingerprint density at radius 2 is 2.00 bits per heavy atom. The molecule has 0 aliphatic carbocycles. The van der Waals surface area contributed by atoms with Gasteiger partial charge in [-0.3, -0.25) is 14.5 Å². The van der Waals surface area contributed by atoms with Crippen LogP contribution in [-0.4, -0.2) is 52.2 Å². The second-order valence-corrected chi connectivity index (χ2v) is 6.74. The highest BCUT2D eigenvalue weighted by Crippen LogP contribution is 2.16. The van der Waals surface area contributed by atoms with Crippen LogP contribution < -0.4 is 0 Å². The molecule has 1 fully saturated rings. The van der Waals surface area contributed by atoms with E-state index in [-0.39, 0.29) is 11.7 Å². The summed E-state index contributed by atoms with van der Waals surface area (Å²) in [4.78, 5) is 28.3. The second kappa shape index (κ2) is 7.27. The first-order valence-corrected chi connectivity index (χ1v) is 8.67. The molecule has 25 heavy (non-hydrogen) atoms. The van der Waals surface area contributed by atoms with Crippen LogP contribution in [0.2, 0.25) is 0 Å². The molecule has 0 unspecified atom stereocenters. The number of hydrogen-bond donors (Lipinski definition) is 0. The Hall–Kier alpha value is -2.34. The van der Waals surface area contributed by atoms with E-state index in [9.17, 15) is 9.59 Å². The third-order valence-electron chi connectivity index (χ3n) is 4.83. The van der Waals surface area contributed by atoms with Gasteiger partial charge in [-0.15, -0.1) is 0 Å². The number of amides is 1. The van der Waals surface area contributed by atoms with Crippen LogP contribution in [0.1, 0.15) is 45.5 Å². The molecule has 0 radical (unpaired) electrons. The van der Waals surface area contributed by atoms with Crippen LogP contribution in [0, 0.1) is 6.92 Å². The number of aryl methyl sites for hydroxylation is 2. The van der Waals surface area contributed by atoms with Crippen molar-refractivity contribution in [2.75, 3.05) is 26.2 Å². The number of carbonyl (C=O) groups is 2. The van der Waals surface area contributed by atoms with Crippen molar-refractivity contribution < 1.29 is 14.0 Å². The minimum absolute atomic E-state index is 0.0258. The van der Waals surface area contributed by atoms with Crippen molar-refractivity contribution in [1.29, 1.82) is 0 Å². The largest absolute Gasteiger partial charge is 0.459 e. The lowest BCUT2D eigenvalue weighted by Crippen LogP contribution is -2.35. The number of nitrogens with zero attached hydrogens (tertiary/aromatic N) is 3. The van der Waals surface area contributed by atoms with Gasteiger partial charge in [0.15, 0.2) is 11.5 Å². The Bertz CT molecular complexity index is 775. The number of aromatic nitrogens is 1. The highest BCUT2D eigenvalue weighted by molar-refractivity contribution is 5.94. The molecule has 2 aromatic heterocycles. The number of rotatable bonds is 4. The summed E-state index contributed by atoms with van der Waals surface area (Å²) in [6, 6.07) is 3.78. The van der Waals surface area contributed by atoms with E-state index < -0.39 is 0 Å². The zero-order valence-electron chi connectivity index (χ0n) is 15.1. The molecule has 0 spiro atoms. The van der Waals surface area contributed by atoms with Crippen molar-refractivity contribution in [2.24, 2.45) is 7.05 Å². The van der Waals surface area contributed by atoms with Gasteiger partial charge in [-0.05, 0) is 32.4 Å². The second-order valence-electron chi connectivity index (χ2n) is 6.74. The number of Topliss-reactive ketones (excluding diaryl/α,β-unsaturated/α-hetero) is 1. The average Bonchev–Trinajstić information content (AvgIpc) is 3.07. The maximum atomic E-state index is 12.6. The molecule has 0 bridgehead atoms. The SMILES string of the molecule is CC(=O)c1cc(CN2CCCN(C(=O)c3occc3C)CC2)n(C)c1. The summed E-state index contributed by atoms with van der Waals surface area (Å²) < 4.78 is 7.35. The summed E-state index contributed by atoms with van der Waals surface area (Å²) in [6.45, 7) is 7.43. The van der Waals surface area contributed by atoms with Gasteiger partial charge in [0.05, 0.1) is 6.26 Å². The molecule has 2 aromatic rings. The first-order valence-electron chi connectivity index (χ1n) is 8.67. The lowest BCUT2D eigenvalue weighted by atomic mass is 10.2. The van der Waals surface area contributed by atoms with Gasteiger partial charge >= 0.3 is 0 Å². The highest BCUT2D eigenvalue weighted by atomic mass is 16.3. The third kappa shape index (κ3) is 3.85. The quantitative estimate of drug-likeness (QED) is 0.800. The van der Waals surface area contributed by atoms with Crippen molar-refractivity contribution in [3.63, 3.8) is 0 Å². The van der Waals surface area contributed by atoms with E-state index in [0.29, 0.717) is 12.3 Å². The van der Waals surface area contributed by atoms with Gasteiger partial charge in [0.1, 0.15) is 0 Å². The van der Waals surface area contributed by atoms with E-state index >= 15 is 0 Å². The van der Waals surface area contributed by atoms with Crippen molar-refractivity contribution in [3.8, 4) is 0 Å². The van der Waals surface area contributed by atoms with E-state index in [1.807, 2.05) is 41.8 Å². The molecule has 1 saturated heterocycles. The lowest BCUT2D eigenvalue weighted by Gasteiger charge is -2.21. The molecule has 0 atom stereocenters. The van der Waals surface area contributed by atoms with Crippen LogP contribution >= 0.6 is 0 Å². The minimum atomic E-state index is -0.0258. The fourth-order valence-electron chi connectivity index (χ4n) is 3.26. The fourth-order valence-corrected chi connectivity index (χ4v) is 3.26. The molecule has 0 aromatic carbocycles. The van der Waals surface area contributed by atoms with E-state index in [2.05, 4.69) is 4.90 Å². The van der Waals surface area contributed by atoms with E-state index in [1.165, 1.54) is 0 Å². The van der Waals surface area contributed by atoms with Crippen molar-refractivity contribution in [1.82, 2.24) is 14.4 Å². The standard InChI is InChI=1S/C19H25N3O3/c1-14-5-10-25-18(14)19(24)22-7-4-6-21(8-9-22)13-17-11-16(15(2)23)12-20(17)3/h5,10-12H,4,6-9,13H2,1-3H3. The predicted molar refractivity (Wildman–Crippen MR) is 94.7 cm³/mol. The van der Waals surface area contributed by atoms with E-state index in [4.69, 9.17) is 4.42 Å². The predicted octanol–water partition coefficient (Wildman–Crippen LogP) is 2.48. The smallest absolute Gasteiger partial charge is 0.289 e. The van der Waals surface area contributed by atoms with Gasteiger partial charge in [0.2, 0.25) is 0 Å². The molecule has 6 heteroatoms. The first kappa shape index (κ1) is 17.5. The summed E-state index contributed by atoms with van der Waals surface area (Å²) >= 11 is 0. The Labute approximate surface area is 148 Å². The molecule has 6 nitrogen and oxygen atoms in total. The summed E-state index contributed by atoms with van der Waals surface area (Å²) in [5, 5.41) is 0. The van der Waals surface area contributed by atoms with Crippen molar-refractivity contribution in [2.45, 2.75) is 26.8 Å². The summed E-state index contributed by atoms with van der Waals surface area (Å²) in [6.07, 6.45) is 4.37. The molecular formula is C19H25N3O3. The monoisotopic (exact) mass is 343 g/mol. The normalized spacial score (nSPS) is 16.0. The van der Waals surface area contributed by atoms with Crippen LogP contribution in [0.15, 0.2) is 29.0 Å². The lowest BCUT2D eigenvalue weighted by molar-refractivity contribution is 0.0728. The molecule has 1 aliphatic rings. The molecule has 0 saturated carbocycles. The van der Waals surface area contributed by atoms with E-state index in [0.717, 1.165) is 49.4 Å². The van der Waals surface area contributed by atoms with Gasteiger partial charge in [0.25, 0.3) is 5.91 Å². The summed E-state index contributed by atoms with van der Waals surface area (Å²) in [5.74, 6) is 0.507. The maximum Gasteiger partial charge on any atom is 0.289 e. The number of hydrogen-bond acceptors (Lipinski definition) is 4. The highest BCUT2D eigenvalue weighted by Gasteiger charge is 2.24. The Morgan fingerprint density at radius 3 is 2.64 bits per heavy atom. The van der Waals surface area contributed by atoms with Gasteiger partial charge in [-0.1, -0.05) is 0 Å². The fraction of sp³-hybridized carbons (Fsp3) is 0.474. The van der Waals surface area contributed by atoms with Gasteiger partial charge in [0, 0.05) is 62.8 Å². The van der Waals surface area contributed by atoms with E-state index in [1.54, 1.807) is 13.2 Å². The number of carbonyl (C=O) groups excluding carboxylic acids is 2. The molecular weight excluding hydrogens is 318 g/mol. The molecule has 134 valence electrons. The maximum absolute atomic E-state index is 12.6. The van der Waals surface area contributed by atoms with Crippen LogP contribution in [-0.2, 0) is 13.6 Å². The van der Waals surface area contributed by atoms with Gasteiger partial charge < -0.3 is 13.9 Å². The topological polar surface area (TPSA) is 58.7 Å². The van der Waals surface area contributed by atoms with Gasteiger partial charge in [-0.2, -0.15) is 0 Å². The number of ketones is 1. The molecule has 0 N–H and O–H groups in total. The van der Waals surface area contributed by atoms with Crippen LogP contribution in [0.25, 0.3) is 0 Å². The van der Waals surface area contributed by atoms with Crippen LogP contribution in [0.5, 0.6) is 0 Å². The first-order chi connectivity index (χ1) is 12.0. The van der Waals surface area contributed by atoms with Crippen molar-refractivity contribution >= 4 is 11.7 Å². The van der Waals surface area contributed by atoms with Crippen LogP contribution in [0.3, 0.4) is 0 Å². The third-order valence-corrected chi connectivity index (χ3v) is 4.83. The minimum Gasteiger partial charge on any atom is -0.459 e. The Balaban J connectivity index is 1.63. The molecule has 1 aliphatic heterocycles. The Morgan fingerprint density at radius 1 is 1.20 bits per heavy atom. The molecule has 1 amide bonds. The summed E-state index contributed by atoms with van der Waals surface area (Å²) in [5.41, 5.74) is 2.75. The average molecular weight is 343 g/mol. The van der Waals surface area contributed by atoms with Crippen molar-refractivity contribution in [3.05, 3.63) is 47.2 Å². The Kier molecular flexibility index (Phi) is 5.08. The molecule has 3 rings (SSSR count). The molecule has 3 heterocycles. The summed E-state index contributed by atoms with van der Waals surface area (Å²) in [7, 11) is 1.97. The zero-order valence-corrected chi connectivity index (χ0v) is 15.1. The number of furan rings is 1. The van der Waals surface area contributed by atoms with Crippen LogP contribution in [0.4, 0.5) is 0 Å². The van der Waals surface area contributed by atoms with Gasteiger partial charge in [-0.25, -0.2) is 0 Å². The zero-order chi connectivity index (χ0) is 18.0.